The first-order valence-corrected chi connectivity index (χ1v) is 11.4. The molecule has 0 amide bonds. The molecule has 0 radical (unpaired) electrons. The molecule has 6 heteroatoms. The van der Waals surface area contributed by atoms with Crippen LogP contribution in [0.25, 0.3) is 26.6 Å². The van der Waals surface area contributed by atoms with E-state index >= 15 is 0 Å². The fourth-order valence-electron chi connectivity index (χ4n) is 3.83. The summed E-state index contributed by atoms with van der Waals surface area (Å²) in [5.74, 6) is 0. The first-order valence-electron chi connectivity index (χ1n) is 10.6. The minimum Gasteiger partial charge on any atom is -0.288 e. The number of H-pyrrole nitrogens is 1. The maximum atomic E-state index is 13.6. The van der Waals surface area contributed by atoms with Gasteiger partial charge in [-0.15, -0.1) is 0 Å². The van der Waals surface area contributed by atoms with Gasteiger partial charge in [-0.2, -0.15) is 4.68 Å². The monoisotopic (exact) mass is 438 g/mol. The summed E-state index contributed by atoms with van der Waals surface area (Å²) >= 11 is 1.48. The van der Waals surface area contributed by atoms with Gasteiger partial charge in [-0.3, -0.25) is 14.9 Å². The number of aliphatic imine (C=N–C) groups is 1. The number of benzene rings is 3. The van der Waals surface area contributed by atoms with Crippen LogP contribution in [-0.4, -0.2) is 20.5 Å². The van der Waals surface area contributed by atoms with Gasteiger partial charge in [0.05, 0.1) is 32.9 Å². The predicted molar refractivity (Wildman–Crippen MR) is 133 cm³/mol. The molecule has 0 saturated heterocycles. The third-order valence-electron chi connectivity index (χ3n) is 5.45. The zero-order chi connectivity index (χ0) is 22.1. The highest BCUT2D eigenvalue weighted by molar-refractivity contribution is 7.20. The molecule has 1 N–H and O–H groups in total. The number of thiazole rings is 1. The van der Waals surface area contributed by atoms with Crippen molar-refractivity contribution in [1.82, 2.24) is 14.8 Å². The number of fused-ring (bicyclic) bond motifs is 1. The number of aromatic amines is 1. The van der Waals surface area contributed by atoms with E-state index in [0.717, 1.165) is 39.1 Å². The maximum absolute atomic E-state index is 13.6. The molecule has 0 bridgehead atoms. The average molecular weight is 439 g/mol. The normalized spacial score (nSPS) is 11.9. The highest BCUT2D eigenvalue weighted by Crippen LogP contribution is 2.27. The number of aryl methyl sites for hydroxylation is 1. The second-order valence-electron chi connectivity index (χ2n) is 7.51. The van der Waals surface area contributed by atoms with Gasteiger partial charge in [0.2, 0.25) is 5.13 Å². The van der Waals surface area contributed by atoms with Crippen molar-refractivity contribution in [2.24, 2.45) is 4.99 Å². The van der Waals surface area contributed by atoms with Gasteiger partial charge < -0.3 is 0 Å². The Bertz CT molecular complexity index is 1460. The Balaban J connectivity index is 1.72. The van der Waals surface area contributed by atoms with Gasteiger partial charge in [0, 0.05) is 5.56 Å². The molecule has 2 aromatic heterocycles. The molecule has 0 aliphatic heterocycles. The van der Waals surface area contributed by atoms with Crippen molar-refractivity contribution in [2.45, 2.75) is 20.3 Å². The van der Waals surface area contributed by atoms with E-state index in [1.807, 2.05) is 79.7 Å². The van der Waals surface area contributed by atoms with Crippen molar-refractivity contribution in [2.75, 3.05) is 0 Å². The standard InChI is InChI=1S/C26H22N4OS/c1-3-18-11-7-8-14-20(18)27-17(2)23-24(19-12-5-4-6-13-19)29-30(25(23)31)26-28-21-15-9-10-16-22(21)32-26/h4-16,29H,3H2,1-2H3. The van der Waals surface area contributed by atoms with E-state index in [-0.39, 0.29) is 5.56 Å². The summed E-state index contributed by atoms with van der Waals surface area (Å²) in [6.45, 7) is 4.00. The zero-order valence-electron chi connectivity index (χ0n) is 17.9. The first-order chi connectivity index (χ1) is 15.7. The molecule has 32 heavy (non-hydrogen) atoms. The topological polar surface area (TPSA) is 63.0 Å². The van der Waals surface area contributed by atoms with Gasteiger partial charge in [0.25, 0.3) is 5.56 Å². The summed E-state index contributed by atoms with van der Waals surface area (Å²) in [6.07, 6.45) is 0.877. The van der Waals surface area contributed by atoms with Gasteiger partial charge in [-0.1, -0.05) is 78.9 Å². The Morgan fingerprint density at radius 3 is 2.50 bits per heavy atom. The Morgan fingerprint density at radius 1 is 1.00 bits per heavy atom. The van der Waals surface area contributed by atoms with Crippen molar-refractivity contribution >= 4 is 33.0 Å². The van der Waals surface area contributed by atoms with Gasteiger partial charge >= 0.3 is 0 Å². The highest BCUT2D eigenvalue weighted by atomic mass is 32.1. The fourth-order valence-corrected chi connectivity index (χ4v) is 4.76. The maximum Gasteiger partial charge on any atom is 0.283 e. The lowest BCUT2D eigenvalue weighted by atomic mass is 10.0. The molecule has 3 aromatic carbocycles. The molecule has 0 aliphatic rings. The van der Waals surface area contributed by atoms with Crippen LogP contribution in [0.5, 0.6) is 0 Å². The van der Waals surface area contributed by atoms with E-state index < -0.39 is 0 Å². The van der Waals surface area contributed by atoms with Gasteiger partial charge in [-0.05, 0) is 37.1 Å². The van der Waals surface area contributed by atoms with Gasteiger partial charge in [0.1, 0.15) is 0 Å². The summed E-state index contributed by atoms with van der Waals surface area (Å²) in [5, 5.41) is 3.92. The van der Waals surface area contributed by atoms with Gasteiger partial charge in [0.15, 0.2) is 0 Å². The van der Waals surface area contributed by atoms with Crippen LogP contribution >= 0.6 is 11.3 Å². The van der Waals surface area contributed by atoms with Crippen LogP contribution in [0.1, 0.15) is 25.0 Å². The van der Waals surface area contributed by atoms with Crippen LogP contribution in [0.15, 0.2) is 88.6 Å². The summed E-state index contributed by atoms with van der Waals surface area (Å²) in [6, 6.07) is 25.8. The van der Waals surface area contributed by atoms with E-state index in [2.05, 4.69) is 23.1 Å². The van der Waals surface area contributed by atoms with Crippen LogP contribution in [0.2, 0.25) is 0 Å². The molecule has 5 rings (SSSR count). The highest BCUT2D eigenvalue weighted by Gasteiger charge is 2.21. The number of rotatable bonds is 5. The third kappa shape index (κ3) is 3.59. The van der Waals surface area contributed by atoms with Crippen molar-refractivity contribution in [1.29, 1.82) is 0 Å². The quantitative estimate of drug-likeness (QED) is 0.335. The Kier molecular flexibility index (Phi) is 5.29. The first kappa shape index (κ1) is 20.2. The Hall–Kier alpha value is -3.77. The minimum absolute atomic E-state index is 0.155. The van der Waals surface area contributed by atoms with Crippen LogP contribution in [0, 0.1) is 0 Å². The van der Waals surface area contributed by atoms with Crippen LogP contribution in [0.3, 0.4) is 0 Å². The molecule has 5 nitrogen and oxygen atoms in total. The molecule has 0 atom stereocenters. The lowest BCUT2D eigenvalue weighted by molar-refractivity contribution is 0.845. The largest absolute Gasteiger partial charge is 0.288 e. The number of nitrogens with zero attached hydrogens (tertiary/aromatic N) is 3. The molecule has 0 fully saturated rings. The van der Waals surface area contributed by atoms with E-state index in [1.54, 1.807) is 0 Å². The number of nitrogens with one attached hydrogen (secondary N) is 1. The van der Waals surface area contributed by atoms with Crippen molar-refractivity contribution < 1.29 is 0 Å². The summed E-state index contributed by atoms with van der Waals surface area (Å²) in [7, 11) is 0. The van der Waals surface area contributed by atoms with Crippen LogP contribution < -0.4 is 5.56 Å². The Morgan fingerprint density at radius 2 is 1.72 bits per heavy atom. The minimum atomic E-state index is -0.155. The Labute approximate surface area is 189 Å². The van der Waals surface area contributed by atoms with E-state index in [1.165, 1.54) is 16.0 Å². The molecule has 0 spiro atoms. The average Bonchev–Trinajstić information content (AvgIpc) is 3.41. The molecule has 0 saturated carbocycles. The number of para-hydroxylation sites is 2. The van der Waals surface area contributed by atoms with E-state index in [0.29, 0.717) is 16.4 Å². The molecule has 2 heterocycles. The number of hydrogen-bond acceptors (Lipinski definition) is 4. The van der Waals surface area contributed by atoms with E-state index in [4.69, 9.17) is 4.99 Å². The van der Waals surface area contributed by atoms with E-state index in [9.17, 15) is 4.79 Å². The lowest BCUT2D eigenvalue weighted by Gasteiger charge is -2.05. The molecular formula is C26H22N4OS. The summed E-state index contributed by atoms with van der Waals surface area (Å²) in [4.78, 5) is 23.2. The molecule has 5 aromatic rings. The van der Waals surface area contributed by atoms with Crippen molar-refractivity contribution in [3.63, 3.8) is 0 Å². The van der Waals surface area contributed by atoms with Crippen molar-refractivity contribution in [3.05, 3.63) is 100 Å². The van der Waals surface area contributed by atoms with Crippen molar-refractivity contribution in [3.8, 4) is 16.4 Å². The van der Waals surface area contributed by atoms with Crippen LogP contribution in [-0.2, 0) is 6.42 Å². The van der Waals surface area contributed by atoms with Gasteiger partial charge in [-0.25, -0.2) is 4.98 Å². The molecule has 0 aliphatic carbocycles. The number of aromatic nitrogens is 3. The third-order valence-corrected chi connectivity index (χ3v) is 6.47. The predicted octanol–water partition coefficient (Wildman–Crippen LogP) is 6.15. The molecule has 158 valence electrons. The summed E-state index contributed by atoms with van der Waals surface area (Å²) in [5.41, 5.74) is 5.65. The number of hydrogen-bond donors (Lipinski definition) is 1. The van der Waals surface area contributed by atoms with Crippen LogP contribution in [0.4, 0.5) is 5.69 Å². The second kappa shape index (κ2) is 8.40. The lowest BCUT2D eigenvalue weighted by Crippen LogP contribution is -2.19. The SMILES string of the molecule is CCc1ccccc1N=C(C)c1c(-c2ccccc2)[nH]n(-c2nc3ccccc3s2)c1=O. The fraction of sp³-hybridized carbons (Fsp3) is 0.115. The zero-order valence-corrected chi connectivity index (χ0v) is 18.7. The molecule has 0 unspecified atom stereocenters. The summed E-state index contributed by atoms with van der Waals surface area (Å²) < 4.78 is 2.57. The smallest absolute Gasteiger partial charge is 0.283 e. The second-order valence-corrected chi connectivity index (χ2v) is 8.52. The molecular weight excluding hydrogens is 416 g/mol.